The second-order valence-electron chi connectivity index (χ2n) is 19.7. The number of carbonyl (C=O) groups is 6. The van der Waals surface area contributed by atoms with Gasteiger partial charge in [-0.3, -0.25) is 14.4 Å². The lowest BCUT2D eigenvalue weighted by molar-refractivity contribution is -0.335. The Morgan fingerprint density at radius 1 is 0.983 bits per heavy atom. The fraction of sp³-hybridized carbons (Fsp3) is 0.689. The standard InChI is InChI=1S/C45H61NO14/c1-12-30(49)57-35-31-22(2)27(56-39(53)33(50)32(26-20-42(26,7)8)46-40(54)60-41(4,5)6)18-25(43(31,9)10)34(58-38(52)24-16-14-13-15-17-24)36-44(11,37(35)51)28(48)19-29-45(36,21-55-29)59-23(3)47/h13-17,25-29,32-36,48,50H,12,18-21H2,1-11H3,(H,46,54)/t25?,26-,27-,28-,29+,32-,33+,34+,35?,36-,44+,45-/m0/s1. The van der Waals surface area contributed by atoms with Crippen LogP contribution in [0.15, 0.2) is 41.5 Å². The van der Waals surface area contributed by atoms with Gasteiger partial charge in [0.15, 0.2) is 23.6 Å². The number of hydrogen-bond acceptors (Lipinski definition) is 14. The number of carbonyl (C=O) groups excluding carboxylic acids is 6. The Balaban J connectivity index is 1.50. The number of aliphatic hydroxyl groups excluding tert-OH is 2. The van der Waals surface area contributed by atoms with E-state index in [-0.39, 0.29) is 48.3 Å². The molecule has 4 aliphatic carbocycles. The number of fused-ring (bicyclic) bond motifs is 5. The summed E-state index contributed by atoms with van der Waals surface area (Å²) in [7, 11) is 0. The maximum atomic E-state index is 15.5. The van der Waals surface area contributed by atoms with Gasteiger partial charge >= 0.3 is 30.0 Å². The summed E-state index contributed by atoms with van der Waals surface area (Å²) >= 11 is 0. The van der Waals surface area contributed by atoms with E-state index in [1.807, 2.05) is 27.7 Å². The van der Waals surface area contributed by atoms with Crippen molar-refractivity contribution in [3.8, 4) is 0 Å². The molecule has 0 radical (unpaired) electrons. The van der Waals surface area contributed by atoms with Crippen molar-refractivity contribution in [2.75, 3.05) is 6.61 Å². The average Bonchev–Trinajstić information content (AvgIpc) is 3.79. The van der Waals surface area contributed by atoms with Crippen molar-refractivity contribution >= 4 is 35.8 Å². The molecule has 1 aromatic rings. The minimum atomic E-state index is -1.85. The van der Waals surface area contributed by atoms with Gasteiger partial charge in [-0.2, -0.15) is 0 Å². The molecule has 3 N–H and O–H groups in total. The van der Waals surface area contributed by atoms with Gasteiger partial charge in [0.25, 0.3) is 0 Å². The third-order valence-corrected chi connectivity index (χ3v) is 13.8. The Morgan fingerprint density at radius 3 is 2.15 bits per heavy atom. The van der Waals surface area contributed by atoms with Gasteiger partial charge in [0.05, 0.1) is 35.6 Å². The highest BCUT2D eigenvalue weighted by Gasteiger charge is 2.75. The van der Waals surface area contributed by atoms with Gasteiger partial charge in [-0.15, -0.1) is 0 Å². The Morgan fingerprint density at radius 2 is 1.62 bits per heavy atom. The number of nitrogens with one attached hydrogen (secondary N) is 1. The number of ketones is 1. The maximum Gasteiger partial charge on any atom is 0.407 e. The lowest BCUT2D eigenvalue weighted by atomic mass is 9.46. The molecule has 6 rings (SSSR count). The van der Waals surface area contributed by atoms with Crippen molar-refractivity contribution in [3.63, 3.8) is 0 Å². The molecule has 2 unspecified atom stereocenters. The zero-order chi connectivity index (χ0) is 44.5. The molecule has 4 fully saturated rings. The van der Waals surface area contributed by atoms with Crippen molar-refractivity contribution in [1.29, 1.82) is 0 Å². The van der Waals surface area contributed by atoms with Crippen LogP contribution in [-0.4, -0.2) is 106 Å². The van der Waals surface area contributed by atoms with Gasteiger partial charge in [0.1, 0.15) is 23.9 Å². The van der Waals surface area contributed by atoms with Crippen molar-refractivity contribution in [2.45, 2.75) is 156 Å². The summed E-state index contributed by atoms with van der Waals surface area (Å²) in [6.07, 6.45) is -8.74. The first-order chi connectivity index (χ1) is 27.8. The summed E-state index contributed by atoms with van der Waals surface area (Å²) < 4.78 is 36.3. The Kier molecular flexibility index (Phi) is 11.9. The summed E-state index contributed by atoms with van der Waals surface area (Å²) in [4.78, 5) is 83.3. The third-order valence-electron chi connectivity index (χ3n) is 13.8. The molecule has 1 amide bonds. The van der Waals surface area contributed by atoms with Gasteiger partial charge in [-0.1, -0.05) is 52.8 Å². The number of hydrogen-bond donors (Lipinski definition) is 3. The van der Waals surface area contributed by atoms with Crippen LogP contribution in [0.1, 0.15) is 112 Å². The molecular weight excluding hydrogens is 778 g/mol. The van der Waals surface area contributed by atoms with Crippen molar-refractivity contribution in [3.05, 3.63) is 47.0 Å². The second kappa shape index (κ2) is 15.8. The second-order valence-corrected chi connectivity index (χ2v) is 19.7. The number of ether oxygens (including phenoxy) is 6. The maximum absolute atomic E-state index is 15.5. The first kappa shape index (κ1) is 45.2. The summed E-state index contributed by atoms with van der Waals surface area (Å²) in [5, 5.41) is 26.5. The van der Waals surface area contributed by atoms with E-state index < -0.39 is 112 Å². The number of alkyl carbamates (subject to hydrolysis) is 1. The van der Waals surface area contributed by atoms with Gasteiger partial charge in [-0.25, -0.2) is 14.4 Å². The number of Topliss-reactive ketones (excluding diaryl/α,β-unsaturated/α-hetero) is 1. The van der Waals surface area contributed by atoms with Crippen LogP contribution in [0.25, 0.3) is 0 Å². The Hall–Kier alpha value is -4.34. The molecular formula is C45H61NO14. The van der Waals surface area contributed by atoms with Crippen molar-refractivity contribution < 1.29 is 67.4 Å². The van der Waals surface area contributed by atoms with Crippen molar-refractivity contribution in [1.82, 2.24) is 5.32 Å². The highest BCUT2D eigenvalue weighted by Crippen LogP contribution is 2.63. The SMILES string of the molecule is CCC(=O)OC1C(=O)[C@@]2(C)[C@H]([C@H](OC(=O)c3ccccc3)C3C[C@H](OC(=O)[C@H](O)[C@@H](NC(=O)OC(C)(C)C)[C@@H]4CC4(C)C)C(C)=C1C3(C)C)[C@]1(OC(C)=O)CO[C@@H]1C[C@@H]2O. The first-order valence-electron chi connectivity index (χ1n) is 20.9. The normalized spacial score (nSPS) is 34.7. The van der Waals surface area contributed by atoms with Gasteiger partial charge in [0.2, 0.25) is 0 Å². The summed E-state index contributed by atoms with van der Waals surface area (Å²) in [5.41, 5.74) is -4.90. The van der Waals surface area contributed by atoms with Crippen LogP contribution in [0, 0.1) is 34.0 Å². The molecule has 3 saturated carbocycles. The summed E-state index contributed by atoms with van der Waals surface area (Å²) in [6, 6.07) is 7.12. The molecule has 330 valence electrons. The number of rotatable bonds is 10. The quantitative estimate of drug-likeness (QED) is 0.165. The predicted molar refractivity (Wildman–Crippen MR) is 213 cm³/mol. The topological polar surface area (TPSA) is 210 Å². The first-order valence-corrected chi connectivity index (χ1v) is 20.9. The van der Waals surface area contributed by atoms with Crippen LogP contribution in [0.2, 0.25) is 0 Å². The van der Waals surface area contributed by atoms with Crippen LogP contribution >= 0.6 is 0 Å². The smallest absolute Gasteiger partial charge is 0.407 e. The zero-order valence-corrected chi connectivity index (χ0v) is 36.5. The summed E-state index contributed by atoms with van der Waals surface area (Å²) in [5.74, 6) is -6.36. The molecule has 15 nitrogen and oxygen atoms in total. The minimum absolute atomic E-state index is 0.0421. The fourth-order valence-electron chi connectivity index (χ4n) is 10.5. The van der Waals surface area contributed by atoms with E-state index in [0.717, 1.165) is 0 Å². The lowest BCUT2D eigenvalue weighted by Crippen LogP contribution is -2.79. The molecule has 1 aromatic carbocycles. The van der Waals surface area contributed by atoms with Gasteiger partial charge < -0.3 is 44.0 Å². The van der Waals surface area contributed by atoms with Crippen LogP contribution in [-0.2, 0) is 47.6 Å². The third kappa shape index (κ3) is 7.97. The number of benzene rings is 1. The van der Waals surface area contributed by atoms with Crippen LogP contribution < -0.4 is 5.32 Å². The zero-order valence-electron chi connectivity index (χ0n) is 36.5. The number of esters is 4. The fourth-order valence-corrected chi connectivity index (χ4v) is 10.5. The van der Waals surface area contributed by atoms with Crippen LogP contribution in [0.5, 0.6) is 0 Å². The van der Waals surface area contributed by atoms with Gasteiger partial charge in [-0.05, 0) is 87.5 Å². The highest BCUT2D eigenvalue weighted by molar-refractivity contribution is 5.95. The predicted octanol–water partition coefficient (Wildman–Crippen LogP) is 4.78. The monoisotopic (exact) mass is 839 g/mol. The van der Waals surface area contributed by atoms with Crippen LogP contribution in [0.4, 0.5) is 4.79 Å². The van der Waals surface area contributed by atoms with Crippen molar-refractivity contribution in [2.24, 2.45) is 34.0 Å². The molecule has 0 spiro atoms. The molecule has 60 heavy (non-hydrogen) atoms. The highest BCUT2D eigenvalue weighted by atomic mass is 16.6. The van der Waals surface area contributed by atoms with E-state index in [2.05, 4.69) is 5.32 Å². The van der Waals surface area contributed by atoms with E-state index in [4.69, 9.17) is 28.4 Å². The Labute approximate surface area is 351 Å². The molecule has 1 aliphatic heterocycles. The van der Waals surface area contributed by atoms with E-state index in [0.29, 0.717) is 12.0 Å². The molecule has 15 heteroatoms. The molecule has 1 heterocycles. The van der Waals surface area contributed by atoms with E-state index in [9.17, 15) is 34.2 Å². The Bertz CT molecular complexity index is 1930. The molecule has 1 saturated heterocycles. The largest absolute Gasteiger partial charge is 0.458 e. The van der Waals surface area contributed by atoms with Crippen LogP contribution in [0.3, 0.4) is 0 Å². The van der Waals surface area contributed by atoms with E-state index >= 15 is 4.79 Å². The molecule has 0 aromatic heterocycles. The summed E-state index contributed by atoms with van der Waals surface area (Å²) in [6.45, 7) is 18.4. The minimum Gasteiger partial charge on any atom is -0.458 e. The molecule has 5 aliphatic rings. The molecule has 2 bridgehead atoms. The van der Waals surface area contributed by atoms with E-state index in [1.165, 1.54) is 13.8 Å². The number of aliphatic hydroxyl groups is 2. The lowest BCUT2D eigenvalue weighted by Gasteiger charge is -2.66. The molecule has 12 atom stereocenters. The van der Waals surface area contributed by atoms with E-state index in [1.54, 1.807) is 65.0 Å². The number of amides is 1. The average molecular weight is 840 g/mol. The van der Waals surface area contributed by atoms with Gasteiger partial charge in [0, 0.05) is 25.7 Å².